The number of benzene rings is 1. The lowest BCUT2D eigenvalue weighted by molar-refractivity contribution is 0.112. The van der Waals surface area contributed by atoms with Crippen LogP contribution in [0.1, 0.15) is 23.7 Å². The van der Waals surface area contributed by atoms with E-state index in [0.717, 1.165) is 25.1 Å². The summed E-state index contributed by atoms with van der Waals surface area (Å²) < 4.78 is 27.7. The van der Waals surface area contributed by atoms with Crippen molar-refractivity contribution < 1.29 is 13.6 Å². The fourth-order valence-electron chi connectivity index (χ4n) is 1.96. The number of halogens is 2. The molecule has 0 aromatic heterocycles. The van der Waals surface area contributed by atoms with Crippen molar-refractivity contribution in [1.82, 2.24) is 4.90 Å². The lowest BCUT2D eigenvalue weighted by Crippen LogP contribution is -2.28. The van der Waals surface area contributed by atoms with E-state index in [1.165, 1.54) is 0 Å². The van der Waals surface area contributed by atoms with Gasteiger partial charge in [0, 0.05) is 18.7 Å². The lowest BCUT2D eigenvalue weighted by Gasteiger charge is -2.25. The Morgan fingerprint density at radius 1 is 1.16 bits per heavy atom. The molecule has 0 aliphatic rings. The number of nitrogens with zero attached hydrogens (tertiary/aromatic N) is 2. The van der Waals surface area contributed by atoms with Gasteiger partial charge in [0.05, 0.1) is 0 Å². The van der Waals surface area contributed by atoms with Crippen LogP contribution in [0.15, 0.2) is 12.1 Å². The standard InChI is InChI=1S/C14H20F2N2O/c1-4-18(7-5-6-17(2)3)14-12(15)8-11(10-19)9-13(14)16/h8-10H,4-7H2,1-3H3. The average molecular weight is 270 g/mol. The van der Waals surface area contributed by atoms with E-state index in [1.54, 1.807) is 4.90 Å². The van der Waals surface area contributed by atoms with Crippen LogP contribution in [0.2, 0.25) is 0 Å². The third-order valence-electron chi connectivity index (χ3n) is 2.91. The van der Waals surface area contributed by atoms with Gasteiger partial charge in [-0.2, -0.15) is 0 Å². The van der Waals surface area contributed by atoms with E-state index in [9.17, 15) is 13.6 Å². The molecule has 106 valence electrons. The highest BCUT2D eigenvalue weighted by Crippen LogP contribution is 2.24. The number of carbonyl (C=O) groups excluding carboxylic acids is 1. The highest BCUT2D eigenvalue weighted by atomic mass is 19.1. The molecule has 0 spiro atoms. The van der Waals surface area contributed by atoms with Gasteiger partial charge in [-0.25, -0.2) is 8.78 Å². The molecule has 0 atom stereocenters. The predicted octanol–water partition coefficient (Wildman–Crippen LogP) is 2.56. The van der Waals surface area contributed by atoms with Gasteiger partial charge in [0.1, 0.15) is 23.6 Å². The highest BCUT2D eigenvalue weighted by molar-refractivity contribution is 5.76. The summed E-state index contributed by atoms with van der Waals surface area (Å²) in [5.41, 5.74) is -0.0325. The monoisotopic (exact) mass is 270 g/mol. The molecule has 0 saturated heterocycles. The van der Waals surface area contributed by atoms with Crippen molar-refractivity contribution in [3.8, 4) is 0 Å². The summed E-state index contributed by atoms with van der Waals surface area (Å²) in [6.45, 7) is 3.79. The van der Waals surface area contributed by atoms with Crippen LogP contribution in [0.5, 0.6) is 0 Å². The first-order valence-electron chi connectivity index (χ1n) is 6.33. The van der Waals surface area contributed by atoms with Crippen molar-refractivity contribution in [2.24, 2.45) is 0 Å². The van der Waals surface area contributed by atoms with Gasteiger partial charge in [0.15, 0.2) is 0 Å². The molecule has 0 radical (unpaired) electrons. The molecule has 1 aromatic carbocycles. The van der Waals surface area contributed by atoms with E-state index in [1.807, 2.05) is 25.9 Å². The topological polar surface area (TPSA) is 23.6 Å². The van der Waals surface area contributed by atoms with Gasteiger partial charge >= 0.3 is 0 Å². The minimum atomic E-state index is -0.686. The van der Waals surface area contributed by atoms with Crippen LogP contribution in [0, 0.1) is 11.6 Å². The molecule has 0 aliphatic carbocycles. The summed E-state index contributed by atoms with van der Waals surface area (Å²) in [4.78, 5) is 14.2. The normalized spacial score (nSPS) is 10.8. The second kappa shape index (κ2) is 7.19. The van der Waals surface area contributed by atoms with E-state index in [0.29, 0.717) is 19.4 Å². The molecule has 0 heterocycles. The Labute approximate surface area is 112 Å². The SMILES string of the molecule is CCN(CCCN(C)C)c1c(F)cc(C=O)cc1F. The van der Waals surface area contributed by atoms with Crippen LogP contribution in [-0.4, -0.2) is 44.9 Å². The predicted molar refractivity (Wildman–Crippen MR) is 72.8 cm³/mol. The minimum Gasteiger partial charge on any atom is -0.367 e. The van der Waals surface area contributed by atoms with Crippen LogP contribution in [0.3, 0.4) is 0 Å². The molecule has 0 N–H and O–H groups in total. The Morgan fingerprint density at radius 2 is 1.74 bits per heavy atom. The maximum absolute atomic E-state index is 13.9. The first kappa shape index (κ1) is 15.6. The van der Waals surface area contributed by atoms with Crippen molar-refractivity contribution in [3.63, 3.8) is 0 Å². The first-order valence-corrected chi connectivity index (χ1v) is 6.33. The first-order chi connectivity index (χ1) is 8.99. The minimum absolute atomic E-state index is 0.0168. The summed E-state index contributed by atoms with van der Waals surface area (Å²) in [5.74, 6) is -1.37. The van der Waals surface area contributed by atoms with Crippen molar-refractivity contribution in [2.75, 3.05) is 38.6 Å². The fourth-order valence-corrected chi connectivity index (χ4v) is 1.96. The quantitative estimate of drug-likeness (QED) is 0.711. The summed E-state index contributed by atoms with van der Waals surface area (Å²) in [5, 5.41) is 0. The lowest BCUT2D eigenvalue weighted by atomic mass is 10.1. The summed E-state index contributed by atoms with van der Waals surface area (Å²) in [7, 11) is 3.91. The molecular weight excluding hydrogens is 250 g/mol. The zero-order chi connectivity index (χ0) is 14.4. The van der Waals surface area contributed by atoms with Gasteiger partial charge < -0.3 is 9.80 Å². The molecule has 0 fully saturated rings. The second-order valence-corrected chi connectivity index (χ2v) is 4.69. The molecular formula is C14H20F2N2O. The van der Waals surface area contributed by atoms with Gasteiger partial charge in [-0.15, -0.1) is 0 Å². The van der Waals surface area contributed by atoms with Gasteiger partial charge in [0.25, 0.3) is 0 Å². The Kier molecular flexibility index (Phi) is 5.89. The number of rotatable bonds is 7. The molecule has 19 heavy (non-hydrogen) atoms. The van der Waals surface area contributed by atoms with Gasteiger partial charge in [-0.1, -0.05) is 0 Å². The summed E-state index contributed by atoms with van der Waals surface area (Å²) in [6.07, 6.45) is 1.26. The molecule has 0 unspecified atom stereocenters. The van der Waals surface area contributed by atoms with Crippen LogP contribution < -0.4 is 4.90 Å². The molecule has 5 heteroatoms. The largest absolute Gasteiger partial charge is 0.367 e. The fraction of sp³-hybridized carbons (Fsp3) is 0.500. The van der Waals surface area contributed by atoms with Crippen molar-refractivity contribution in [3.05, 3.63) is 29.3 Å². The molecule has 0 saturated carbocycles. The van der Waals surface area contributed by atoms with Gasteiger partial charge in [0.2, 0.25) is 0 Å². The number of hydrogen-bond donors (Lipinski definition) is 0. The number of hydrogen-bond acceptors (Lipinski definition) is 3. The maximum Gasteiger partial charge on any atom is 0.150 e. The van der Waals surface area contributed by atoms with E-state index >= 15 is 0 Å². The van der Waals surface area contributed by atoms with E-state index in [-0.39, 0.29) is 11.3 Å². The molecule has 1 aromatic rings. The molecule has 0 bridgehead atoms. The zero-order valence-electron chi connectivity index (χ0n) is 11.6. The van der Waals surface area contributed by atoms with Crippen molar-refractivity contribution >= 4 is 12.0 Å². The molecule has 1 rings (SSSR count). The Morgan fingerprint density at radius 3 is 2.16 bits per heavy atom. The summed E-state index contributed by atoms with van der Waals surface area (Å²) >= 11 is 0. The highest BCUT2D eigenvalue weighted by Gasteiger charge is 2.16. The molecule has 3 nitrogen and oxygen atoms in total. The van der Waals surface area contributed by atoms with E-state index in [4.69, 9.17) is 0 Å². The van der Waals surface area contributed by atoms with E-state index in [2.05, 4.69) is 0 Å². The Hall–Kier alpha value is -1.49. The Balaban J connectivity index is 2.89. The second-order valence-electron chi connectivity index (χ2n) is 4.69. The zero-order valence-corrected chi connectivity index (χ0v) is 11.6. The molecule has 0 aliphatic heterocycles. The third-order valence-corrected chi connectivity index (χ3v) is 2.91. The average Bonchev–Trinajstić information content (AvgIpc) is 2.35. The smallest absolute Gasteiger partial charge is 0.150 e. The van der Waals surface area contributed by atoms with Crippen molar-refractivity contribution in [1.29, 1.82) is 0 Å². The van der Waals surface area contributed by atoms with Crippen LogP contribution in [0.25, 0.3) is 0 Å². The number of aldehydes is 1. The van der Waals surface area contributed by atoms with Gasteiger partial charge in [-0.05, 0) is 46.1 Å². The molecule has 0 amide bonds. The van der Waals surface area contributed by atoms with Crippen LogP contribution in [0.4, 0.5) is 14.5 Å². The van der Waals surface area contributed by atoms with Gasteiger partial charge in [-0.3, -0.25) is 4.79 Å². The van der Waals surface area contributed by atoms with Crippen LogP contribution >= 0.6 is 0 Å². The summed E-state index contributed by atoms with van der Waals surface area (Å²) in [6, 6.07) is 2.14. The Bertz CT molecular complexity index is 412. The maximum atomic E-state index is 13.9. The number of carbonyl (C=O) groups is 1. The van der Waals surface area contributed by atoms with Crippen LogP contribution in [-0.2, 0) is 0 Å². The third kappa shape index (κ3) is 4.28. The van der Waals surface area contributed by atoms with Crippen molar-refractivity contribution in [2.45, 2.75) is 13.3 Å². The number of anilines is 1. The van der Waals surface area contributed by atoms with E-state index < -0.39 is 11.6 Å².